The molecule has 0 aliphatic carbocycles. The molecule has 1 saturated heterocycles. The van der Waals surface area contributed by atoms with Crippen LogP contribution in [-0.4, -0.2) is 93.2 Å². The summed E-state index contributed by atoms with van der Waals surface area (Å²) in [6, 6.07) is 7.97. The van der Waals surface area contributed by atoms with Crippen LogP contribution in [0.3, 0.4) is 0 Å². The Bertz CT molecular complexity index is 1510. The van der Waals surface area contributed by atoms with E-state index in [4.69, 9.17) is 16.2 Å². The molecule has 2 amide bonds. The summed E-state index contributed by atoms with van der Waals surface area (Å²) < 4.78 is 5.89. The number of fused-ring (bicyclic) bond motifs is 1. The zero-order valence-corrected chi connectivity index (χ0v) is 23.2. The number of ether oxygens (including phenoxy) is 1. The number of guanidine groups is 2. The van der Waals surface area contributed by atoms with E-state index in [1.165, 1.54) is 29.2 Å². The Morgan fingerprint density at radius 3 is 2.60 bits per heavy atom. The standard InChI is InChI=1S/C28H34N8O6/c1-26(2)10-11-42-20-16(4-3-5-17(20)26)23(39)33-19-13-36-25(30)32-18(12-31-22(38)14-6-8-15(37)9-7-14)21-27(36,28(19,40)41)35-24(29)34-21/h3-9,18-19,21,37,40-41H,10-13H2,1-2H3,(H2,30,32)(H,31,38)(H,33,39)(H3,29,34,35)/t18-,19?,21-,27-/m0/s1. The molecule has 0 aromatic heterocycles. The van der Waals surface area contributed by atoms with E-state index in [1.54, 1.807) is 12.1 Å². The highest BCUT2D eigenvalue weighted by molar-refractivity contribution is 5.98. The number of nitrogens with zero attached hydrogens (tertiary/aromatic N) is 3. The average molecular weight is 579 g/mol. The molecule has 222 valence electrons. The minimum atomic E-state index is -2.63. The predicted octanol–water partition coefficient (Wildman–Crippen LogP) is -1.34. The third-order valence-corrected chi connectivity index (χ3v) is 8.67. The number of rotatable bonds is 5. The largest absolute Gasteiger partial charge is 0.508 e. The summed E-state index contributed by atoms with van der Waals surface area (Å²) in [6.07, 6.45) is 0.797. The monoisotopic (exact) mass is 578 g/mol. The molecule has 2 aromatic rings. The number of carbonyl (C=O) groups excluding carboxylic acids is 2. The lowest BCUT2D eigenvalue weighted by molar-refractivity contribution is -0.230. The van der Waals surface area contributed by atoms with Gasteiger partial charge in [-0.25, -0.2) is 9.98 Å². The van der Waals surface area contributed by atoms with Crippen molar-refractivity contribution in [2.75, 3.05) is 19.7 Å². The van der Waals surface area contributed by atoms with Crippen LogP contribution in [0.15, 0.2) is 52.4 Å². The lowest BCUT2D eigenvalue weighted by Gasteiger charge is -2.49. The van der Waals surface area contributed by atoms with Gasteiger partial charge in [0.15, 0.2) is 17.6 Å². The number of phenolic OH excluding ortho intramolecular Hbond substituents is 1. The van der Waals surface area contributed by atoms with Crippen molar-refractivity contribution in [2.24, 2.45) is 21.5 Å². The molecule has 1 spiro atoms. The van der Waals surface area contributed by atoms with Gasteiger partial charge in [0.1, 0.15) is 23.6 Å². The number of aliphatic hydroxyl groups is 2. The first-order chi connectivity index (χ1) is 19.8. The quantitative estimate of drug-likeness (QED) is 0.195. The van der Waals surface area contributed by atoms with Crippen LogP contribution in [0.2, 0.25) is 0 Å². The molecule has 1 fully saturated rings. The lowest BCUT2D eigenvalue weighted by Crippen LogP contribution is -2.78. The molecule has 10 N–H and O–H groups in total. The minimum absolute atomic E-state index is 0.0219. The topological polar surface area (TPSA) is 220 Å². The fourth-order valence-corrected chi connectivity index (χ4v) is 6.35. The van der Waals surface area contributed by atoms with E-state index >= 15 is 0 Å². The first-order valence-electron chi connectivity index (χ1n) is 13.7. The van der Waals surface area contributed by atoms with Crippen LogP contribution < -0.4 is 32.2 Å². The zero-order valence-electron chi connectivity index (χ0n) is 23.2. The maximum absolute atomic E-state index is 13.6. The van der Waals surface area contributed by atoms with Gasteiger partial charge in [0.25, 0.3) is 11.8 Å². The summed E-state index contributed by atoms with van der Waals surface area (Å²) in [6.45, 7) is 4.44. The molecule has 4 atom stereocenters. The number of nitrogens with one attached hydrogen (secondary N) is 3. The summed E-state index contributed by atoms with van der Waals surface area (Å²) in [5.41, 5.74) is 11.9. The Morgan fingerprint density at radius 2 is 1.86 bits per heavy atom. The molecule has 14 heteroatoms. The second-order valence-electron chi connectivity index (χ2n) is 11.7. The van der Waals surface area contributed by atoms with Gasteiger partial charge in [0.05, 0.1) is 18.2 Å². The highest BCUT2D eigenvalue weighted by Crippen LogP contribution is 2.45. The molecule has 0 radical (unpaired) electrons. The van der Waals surface area contributed by atoms with E-state index < -0.39 is 41.4 Å². The first kappa shape index (κ1) is 27.6. The number of nitrogens with two attached hydrogens (primary N) is 2. The number of para-hydroxylation sites is 1. The Kier molecular flexibility index (Phi) is 6.24. The third kappa shape index (κ3) is 4.09. The van der Waals surface area contributed by atoms with Crippen molar-refractivity contribution in [2.45, 2.75) is 55.3 Å². The van der Waals surface area contributed by atoms with Crippen LogP contribution >= 0.6 is 0 Å². The molecule has 4 aliphatic heterocycles. The van der Waals surface area contributed by atoms with E-state index in [0.29, 0.717) is 17.9 Å². The maximum Gasteiger partial charge on any atom is 0.255 e. The van der Waals surface area contributed by atoms with Crippen LogP contribution in [0.25, 0.3) is 0 Å². The SMILES string of the molecule is CC1(C)CCOc2c(C(=O)NC3CN4C(N)=N[C@@H](CNC(=O)c5ccc(O)cc5)[C@@H]5N=C(N)N[C@@]54C3(O)O)cccc21. The molecule has 0 saturated carbocycles. The normalized spacial score (nSPS) is 28.2. The number of hydrogen-bond donors (Lipinski definition) is 8. The van der Waals surface area contributed by atoms with Gasteiger partial charge in [-0.1, -0.05) is 26.0 Å². The second kappa shape index (κ2) is 9.49. The third-order valence-electron chi connectivity index (χ3n) is 8.67. The number of phenols is 1. The Balaban J connectivity index is 1.26. The summed E-state index contributed by atoms with van der Waals surface area (Å²) in [5, 5.41) is 41.3. The molecule has 4 aliphatic rings. The number of carbonyl (C=O) groups is 2. The van der Waals surface area contributed by atoms with Gasteiger partial charge < -0.3 is 52.4 Å². The number of amides is 2. The highest BCUT2D eigenvalue weighted by Gasteiger charge is 2.73. The van der Waals surface area contributed by atoms with Crippen LogP contribution in [0.5, 0.6) is 11.5 Å². The van der Waals surface area contributed by atoms with Crippen molar-refractivity contribution in [3.8, 4) is 11.5 Å². The van der Waals surface area contributed by atoms with Crippen molar-refractivity contribution in [3.05, 3.63) is 59.2 Å². The van der Waals surface area contributed by atoms with E-state index in [0.717, 1.165) is 12.0 Å². The molecule has 42 heavy (non-hydrogen) atoms. The van der Waals surface area contributed by atoms with Gasteiger partial charge in [-0.15, -0.1) is 0 Å². The molecule has 4 heterocycles. The summed E-state index contributed by atoms with van der Waals surface area (Å²) in [7, 11) is 0. The van der Waals surface area contributed by atoms with Crippen molar-refractivity contribution in [3.63, 3.8) is 0 Å². The van der Waals surface area contributed by atoms with E-state index in [1.807, 2.05) is 6.07 Å². The molecule has 6 rings (SSSR count). The van der Waals surface area contributed by atoms with Gasteiger partial charge in [0.2, 0.25) is 5.79 Å². The molecule has 0 bridgehead atoms. The Hall–Kier alpha value is -4.56. The fraction of sp³-hybridized carbons (Fsp3) is 0.429. The maximum atomic E-state index is 13.6. The van der Waals surface area contributed by atoms with E-state index in [2.05, 4.69) is 39.8 Å². The van der Waals surface area contributed by atoms with Gasteiger partial charge in [-0.3, -0.25) is 9.59 Å². The average Bonchev–Trinajstić information content (AvgIpc) is 3.41. The second-order valence-corrected chi connectivity index (χ2v) is 11.7. The minimum Gasteiger partial charge on any atom is -0.508 e. The summed E-state index contributed by atoms with van der Waals surface area (Å²) >= 11 is 0. The number of benzene rings is 2. The van der Waals surface area contributed by atoms with Gasteiger partial charge in [-0.05, 0) is 42.2 Å². The highest BCUT2D eigenvalue weighted by atomic mass is 16.5. The van der Waals surface area contributed by atoms with E-state index in [9.17, 15) is 24.9 Å². The summed E-state index contributed by atoms with van der Waals surface area (Å²) in [4.78, 5) is 36.6. The number of aliphatic imine (C=N–C) groups is 2. The number of hydrogen-bond acceptors (Lipinski definition) is 12. The first-order valence-corrected chi connectivity index (χ1v) is 13.7. The fourth-order valence-electron chi connectivity index (χ4n) is 6.35. The van der Waals surface area contributed by atoms with Crippen LogP contribution in [0.4, 0.5) is 0 Å². The molecular formula is C28H34N8O6. The van der Waals surface area contributed by atoms with Crippen molar-refractivity contribution < 1.29 is 29.6 Å². The molecule has 1 unspecified atom stereocenters. The van der Waals surface area contributed by atoms with Crippen molar-refractivity contribution in [1.82, 2.24) is 20.9 Å². The van der Waals surface area contributed by atoms with Gasteiger partial charge in [0, 0.05) is 24.2 Å². The van der Waals surface area contributed by atoms with E-state index in [-0.39, 0.29) is 41.7 Å². The summed E-state index contributed by atoms with van der Waals surface area (Å²) in [5.74, 6) is -3.24. The smallest absolute Gasteiger partial charge is 0.255 e. The van der Waals surface area contributed by atoms with Crippen LogP contribution in [0.1, 0.15) is 46.5 Å². The van der Waals surface area contributed by atoms with Gasteiger partial charge >= 0.3 is 0 Å². The van der Waals surface area contributed by atoms with Gasteiger partial charge in [-0.2, -0.15) is 0 Å². The van der Waals surface area contributed by atoms with Crippen LogP contribution in [0, 0.1) is 0 Å². The molecular weight excluding hydrogens is 544 g/mol. The number of aromatic hydroxyl groups is 1. The Morgan fingerprint density at radius 1 is 1.12 bits per heavy atom. The van der Waals surface area contributed by atoms with Crippen LogP contribution in [-0.2, 0) is 5.41 Å². The zero-order chi connectivity index (χ0) is 30.0. The molecule has 2 aromatic carbocycles. The van der Waals surface area contributed by atoms with Crippen molar-refractivity contribution >= 4 is 23.7 Å². The lowest BCUT2D eigenvalue weighted by atomic mass is 9.79. The Labute approximate surface area is 241 Å². The van der Waals surface area contributed by atoms with Crippen molar-refractivity contribution in [1.29, 1.82) is 0 Å². The molecule has 14 nitrogen and oxygen atoms in total. The predicted molar refractivity (Wildman–Crippen MR) is 152 cm³/mol.